The van der Waals surface area contributed by atoms with E-state index in [2.05, 4.69) is 60.9 Å². The zero-order valence-corrected chi connectivity index (χ0v) is 20.1. The second-order valence-electron chi connectivity index (χ2n) is 8.25. The lowest BCUT2D eigenvalue weighted by atomic mass is 10.1. The quantitative estimate of drug-likeness (QED) is 0.397. The van der Waals surface area contributed by atoms with Gasteiger partial charge in [-0.25, -0.2) is 9.97 Å². The van der Waals surface area contributed by atoms with Crippen molar-refractivity contribution in [1.29, 1.82) is 0 Å². The molecule has 6 heteroatoms. The molecule has 0 amide bonds. The van der Waals surface area contributed by atoms with Gasteiger partial charge in [0.15, 0.2) is 11.5 Å². The van der Waals surface area contributed by atoms with Gasteiger partial charge in [-0.3, -0.25) is 4.40 Å². The summed E-state index contributed by atoms with van der Waals surface area (Å²) in [6, 6.07) is 17.0. The summed E-state index contributed by atoms with van der Waals surface area (Å²) in [5.41, 5.74) is 6.53. The van der Waals surface area contributed by atoms with Gasteiger partial charge in [-0.2, -0.15) is 0 Å². The third kappa shape index (κ3) is 4.80. The highest BCUT2D eigenvalue weighted by Crippen LogP contribution is 2.34. The predicted octanol–water partition coefficient (Wildman–Crippen LogP) is 6.22. The molecule has 4 aromatic rings. The van der Waals surface area contributed by atoms with Crippen LogP contribution < -0.4 is 15.1 Å². The Kier molecular flexibility index (Phi) is 7.13. The number of anilines is 4. The SMILES string of the molecule is CC.CN(C)c1cccc(Nc2nccn3c(-c4ccccc4N4CCCCC4)cnc23)c1. The summed E-state index contributed by atoms with van der Waals surface area (Å²) in [6.45, 7) is 6.23. The minimum atomic E-state index is 0.750. The number of hydrogen-bond acceptors (Lipinski definition) is 5. The smallest absolute Gasteiger partial charge is 0.180 e. The monoisotopic (exact) mass is 442 g/mol. The van der Waals surface area contributed by atoms with E-state index >= 15 is 0 Å². The van der Waals surface area contributed by atoms with Crippen LogP contribution in [0.25, 0.3) is 16.9 Å². The van der Waals surface area contributed by atoms with Gasteiger partial charge in [0.05, 0.1) is 11.9 Å². The van der Waals surface area contributed by atoms with Crippen LogP contribution >= 0.6 is 0 Å². The Labute approximate surface area is 196 Å². The minimum absolute atomic E-state index is 0.750. The normalized spacial score (nSPS) is 13.4. The highest BCUT2D eigenvalue weighted by Gasteiger charge is 2.18. The molecule has 1 fully saturated rings. The van der Waals surface area contributed by atoms with Crippen LogP contribution in [0.5, 0.6) is 0 Å². The van der Waals surface area contributed by atoms with Crippen LogP contribution in [0.15, 0.2) is 67.1 Å². The molecule has 1 N–H and O–H groups in total. The summed E-state index contributed by atoms with van der Waals surface area (Å²) in [5, 5.41) is 3.45. The summed E-state index contributed by atoms with van der Waals surface area (Å²) in [5.74, 6) is 0.750. The van der Waals surface area contributed by atoms with Crippen LogP contribution in [0.4, 0.5) is 22.9 Å². The van der Waals surface area contributed by atoms with Crippen molar-refractivity contribution in [1.82, 2.24) is 14.4 Å². The molecule has 3 heterocycles. The highest BCUT2D eigenvalue weighted by molar-refractivity contribution is 5.81. The van der Waals surface area contributed by atoms with Crippen LogP contribution in [0.2, 0.25) is 0 Å². The lowest BCUT2D eigenvalue weighted by molar-refractivity contribution is 0.578. The minimum Gasteiger partial charge on any atom is -0.378 e. The molecule has 1 aliphatic heterocycles. The lowest BCUT2D eigenvalue weighted by Gasteiger charge is -2.30. The number of imidazole rings is 1. The molecular formula is C27H34N6. The maximum Gasteiger partial charge on any atom is 0.180 e. The summed E-state index contributed by atoms with van der Waals surface area (Å²) in [6.07, 6.45) is 9.62. The van der Waals surface area contributed by atoms with Crippen molar-refractivity contribution in [2.45, 2.75) is 33.1 Å². The van der Waals surface area contributed by atoms with Gasteiger partial charge < -0.3 is 15.1 Å². The number of nitrogens with one attached hydrogen (secondary N) is 1. The predicted molar refractivity (Wildman–Crippen MR) is 140 cm³/mol. The van der Waals surface area contributed by atoms with Crippen LogP contribution in [-0.2, 0) is 0 Å². The molecule has 6 nitrogen and oxygen atoms in total. The Morgan fingerprint density at radius 2 is 1.70 bits per heavy atom. The summed E-state index contributed by atoms with van der Waals surface area (Å²) < 4.78 is 2.13. The molecule has 0 radical (unpaired) electrons. The molecule has 0 bridgehead atoms. The average molecular weight is 443 g/mol. The maximum absolute atomic E-state index is 4.74. The number of fused-ring (bicyclic) bond motifs is 1. The number of benzene rings is 2. The Bertz CT molecular complexity index is 1190. The van der Waals surface area contributed by atoms with Crippen molar-refractivity contribution in [2.24, 2.45) is 0 Å². The number of nitrogens with zero attached hydrogens (tertiary/aromatic N) is 5. The van der Waals surface area contributed by atoms with Gasteiger partial charge in [-0.05, 0) is 43.5 Å². The first-order chi connectivity index (χ1) is 16.2. The molecule has 1 aliphatic rings. The molecule has 1 saturated heterocycles. The molecule has 0 atom stereocenters. The molecule has 0 unspecified atom stereocenters. The van der Waals surface area contributed by atoms with Gasteiger partial charge in [0.2, 0.25) is 0 Å². The molecule has 0 aliphatic carbocycles. The van der Waals surface area contributed by atoms with Gasteiger partial charge >= 0.3 is 0 Å². The number of piperidine rings is 1. The molecule has 2 aromatic carbocycles. The van der Waals surface area contributed by atoms with Crippen molar-refractivity contribution in [3.8, 4) is 11.3 Å². The van der Waals surface area contributed by atoms with Crippen molar-refractivity contribution in [3.63, 3.8) is 0 Å². The van der Waals surface area contributed by atoms with Crippen LogP contribution in [0.1, 0.15) is 33.1 Å². The van der Waals surface area contributed by atoms with Gasteiger partial charge in [0.1, 0.15) is 0 Å². The van der Waals surface area contributed by atoms with E-state index in [1.165, 1.54) is 30.5 Å². The third-order valence-electron chi connectivity index (χ3n) is 5.93. The number of para-hydroxylation sites is 1. The van der Waals surface area contributed by atoms with Crippen molar-refractivity contribution in [3.05, 3.63) is 67.1 Å². The summed E-state index contributed by atoms with van der Waals surface area (Å²) in [7, 11) is 4.08. The van der Waals surface area contributed by atoms with E-state index in [0.29, 0.717) is 0 Å². The zero-order chi connectivity index (χ0) is 23.2. The summed E-state index contributed by atoms with van der Waals surface area (Å²) in [4.78, 5) is 13.9. The summed E-state index contributed by atoms with van der Waals surface area (Å²) >= 11 is 0. The molecule has 172 valence electrons. The Balaban J connectivity index is 0.00000126. The van der Waals surface area contributed by atoms with Gasteiger partial charge in [-0.15, -0.1) is 0 Å². The van der Waals surface area contributed by atoms with E-state index in [9.17, 15) is 0 Å². The second kappa shape index (κ2) is 10.4. The van der Waals surface area contributed by atoms with E-state index in [-0.39, 0.29) is 0 Å². The van der Waals surface area contributed by atoms with Crippen molar-refractivity contribution >= 4 is 28.5 Å². The third-order valence-corrected chi connectivity index (χ3v) is 5.93. The van der Waals surface area contributed by atoms with Crippen molar-refractivity contribution < 1.29 is 0 Å². The highest BCUT2D eigenvalue weighted by atomic mass is 15.1. The van der Waals surface area contributed by atoms with Crippen molar-refractivity contribution in [2.75, 3.05) is 42.3 Å². The van der Waals surface area contributed by atoms with E-state index in [4.69, 9.17) is 4.98 Å². The van der Waals surface area contributed by atoms with E-state index in [0.717, 1.165) is 41.6 Å². The van der Waals surface area contributed by atoms with Crippen LogP contribution in [0, 0.1) is 0 Å². The largest absolute Gasteiger partial charge is 0.378 e. The Hall–Kier alpha value is -3.54. The van der Waals surface area contributed by atoms with Gasteiger partial charge in [0, 0.05) is 62.2 Å². The number of rotatable bonds is 5. The van der Waals surface area contributed by atoms with Gasteiger partial charge in [-0.1, -0.05) is 38.1 Å². The molecule has 2 aromatic heterocycles. The average Bonchev–Trinajstić information content (AvgIpc) is 3.31. The molecule has 33 heavy (non-hydrogen) atoms. The molecule has 0 spiro atoms. The van der Waals surface area contributed by atoms with Crippen LogP contribution in [0.3, 0.4) is 0 Å². The second-order valence-corrected chi connectivity index (χ2v) is 8.25. The molecule has 5 rings (SSSR count). The van der Waals surface area contributed by atoms with E-state index in [1.54, 1.807) is 0 Å². The zero-order valence-electron chi connectivity index (χ0n) is 20.1. The lowest BCUT2D eigenvalue weighted by Crippen LogP contribution is -2.29. The Morgan fingerprint density at radius 1 is 0.909 bits per heavy atom. The fraction of sp³-hybridized carbons (Fsp3) is 0.333. The van der Waals surface area contributed by atoms with Gasteiger partial charge in [0.25, 0.3) is 0 Å². The fourth-order valence-corrected chi connectivity index (χ4v) is 4.31. The number of aromatic nitrogens is 3. The molecule has 0 saturated carbocycles. The topological polar surface area (TPSA) is 48.7 Å². The number of hydrogen-bond donors (Lipinski definition) is 1. The van der Waals surface area contributed by atoms with Crippen LogP contribution in [-0.4, -0.2) is 41.6 Å². The first-order valence-electron chi connectivity index (χ1n) is 11.9. The standard InChI is InChI=1S/C25H28N6.C2H6/c1-29(2)20-10-8-9-19(17-20)28-24-25-27-18-23(31(25)16-13-26-24)21-11-4-5-12-22(21)30-14-6-3-7-15-30;1-2/h4-5,8-13,16-18H,3,6-7,14-15H2,1-2H3,(H,26,28);1-2H3. The van der Waals surface area contributed by atoms with E-state index in [1.807, 2.05) is 58.7 Å². The molecular weight excluding hydrogens is 408 g/mol. The Morgan fingerprint density at radius 3 is 2.48 bits per heavy atom. The fourth-order valence-electron chi connectivity index (χ4n) is 4.31. The maximum atomic E-state index is 4.74. The van der Waals surface area contributed by atoms with E-state index < -0.39 is 0 Å². The first kappa shape index (κ1) is 22.6. The first-order valence-corrected chi connectivity index (χ1v) is 11.9.